The zero-order valence-corrected chi connectivity index (χ0v) is 18.7. The predicted octanol–water partition coefficient (Wildman–Crippen LogP) is 2.95. The molecule has 34 heavy (non-hydrogen) atoms. The van der Waals surface area contributed by atoms with Crippen molar-refractivity contribution >= 4 is 34.5 Å². The molecule has 2 aliphatic heterocycles. The van der Waals surface area contributed by atoms with Gasteiger partial charge >= 0.3 is 12.0 Å². The van der Waals surface area contributed by atoms with Crippen LogP contribution in [0.15, 0.2) is 71.7 Å². The summed E-state index contributed by atoms with van der Waals surface area (Å²) in [6.07, 6.45) is 0. The summed E-state index contributed by atoms with van der Waals surface area (Å²) in [6.45, 7) is 2.66. The van der Waals surface area contributed by atoms with Crippen LogP contribution in [0.4, 0.5) is 4.79 Å². The number of rotatable bonds is 6. The molecular formula is C26H24N4O4. The van der Waals surface area contributed by atoms with Crippen molar-refractivity contribution in [3.8, 4) is 0 Å². The van der Waals surface area contributed by atoms with Gasteiger partial charge in [0.15, 0.2) is 0 Å². The van der Waals surface area contributed by atoms with E-state index in [9.17, 15) is 19.5 Å². The number of hydrogen-bond donors (Lipinski definition) is 2. The van der Waals surface area contributed by atoms with Crippen LogP contribution in [0.5, 0.6) is 0 Å². The number of carboxylic acids is 1. The van der Waals surface area contributed by atoms with E-state index >= 15 is 0 Å². The van der Waals surface area contributed by atoms with Gasteiger partial charge in [0.25, 0.3) is 5.91 Å². The summed E-state index contributed by atoms with van der Waals surface area (Å²) in [6, 6.07) is 20.5. The summed E-state index contributed by atoms with van der Waals surface area (Å²) >= 11 is 0. The third-order valence-corrected chi connectivity index (χ3v) is 6.51. The van der Waals surface area contributed by atoms with Gasteiger partial charge in [0, 0.05) is 18.7 Å². The topological polar surface area (TPSA) is 102 Å². The van der Waals surface area contributed by atoms with E-state index in [-0.39, 0.29) is 6.54 Å². The van der Waals surface area contributed by atoms with Gasteiger partial charge in [-0.05, 0) is 34.9 Å². The fourth-order valence-electron chi connectivity index (χ4n) is 4.65. The second kappa shape index (κ2) is 8.30. The zero-order chi connectivity index (χ0) is 23.9. The van der Waals surface area contributed by atoms with E-state index in [2.05, 4.69) is 10.3 Å². The average Bonchev–Trinajstić information content (AvgIpc) is 3.44. The molecule has 3 aromatic rings. The molecule has 0 aliphatic carbocycles. The minimum atomic E-state index is -1.35. The number of imide groups is 1. The number of aliphatic imine (C=N–C) groups is 1. The van der Waals surface area contributed by atoms with Gasteiger partial charge in [-0.25, -0.2) is 4.79 Å². The number of carboxylic acid groups (broad SMARTS) is 1. The van der Waals surface area contributed by atoms with Crippen molar-refractivity contribution in [2.24, 2.45) is 4.99 Å². The van der Waals surface area contributed by atoms with Crippen LogP contribution >= 0.6 is 0 Å². The molecule has 2 heterocycles. The van der Waals surface area contributed by atoms with Crippen LogP contribution < -0.4 is 5.32 Å². The SMILES string of the molecule is CC1(c2ccc(C3=NCCN3)cc2)C(=O)N(CC(=O)O)C(=O)N1Cc1ccc2ccccc2c1. The molecule has 1 fully saturated rings. The number of carbonyl (C=O) groups is 3. The molecule has 0 aromatic heterocycles. The molecule has 1 unspecified atom stereocenters. The Labute approximate surface area is 196 Å². The lowest BCUT2D eigenvalue weighted by atomic mass is 9.89. The number of amides is 3. The first-order valence-corrected chi connectivity index (χ1v) is 11.1. The van der Waals surface area contributed by atoms with Crippen LogP contribution in [0.3, 0.4) is 0 Å². The van der Waals surface area contributed by atoms with Gasteiger partial charge in [-0.15, -0.1) is 0 Å². The first-order chi connectivity index (χ1) is 16.4. The Morgan fingerprint density at radius 3 is 2.47 bits per heavy atom. The lowest BCUT2D eigenvalue weighted by molar-refractivity contribution is -0.143. The maximum atomic E-state index is 13.5. The lowest BCUT2D eigenvalue weighted by Crippen LogP contribution is -2.44. The van der Waals surface area contributed by atoms with Crippen LogP contribution in [0.1, 0.15) is 23.6 Å². The van der Waals surface area contributed by atoms with Crippen molar-refractivity contribution in [1.82, 2.24) is 15.1 Å². The van der Waals surface area contributed by atoms with Gasteiger partial charge in [0.1, 0.15) is 17.9 Å². The minimum Gasteiger partial charge on any atom is -0.480 e. The maximum Gasteiger partial charge on any atom is 0.328 e. The van der Waals surface area contributed by atoms with Crippen LogP contribution in [0, 0.1) is 0 Å². The van der Waals surface area contributed by atoms with Crippen molar-refractivity contribution in [2.75, 3.05) is 19.6 Å². The molecule has 0 saturated carbocycles. The summed E-state index contributed by atoms with van der Waals surface area (Å²) < 4.78 is 0. The number of nitrogens with one attached hydrogen (secondary N) is 1. The number of fused-ring (bicyclic) bond motifs is 1. The van der Waals surface area contributed by atoms with E-state index in [0.29, 0.717) is 12.1 Å². The van der Waals surface area contributed by atoms with E-state index in [1.807, 2.05) is 54.6 Å². The molecule has 5 rings (SSSR count). The van der Waals surface area contributed by atoms with Crippen LogP contribution in [-0.4, -0.2) is 58.3 Å². The van der Waals surface area contributed by atoms with Crippen molar-refractivity contribution in [1.29, 1.82) is 0 Å². The standard InChI is InChI=1S/C26H24N4O4/c1-26(21-10-8-19(9-11-21)23-27-12-13-28-23)24(33)29(16-22(31)32)25(34)30(26)15-17-6-7-18-4-2-3-5-20(18)14-17/h2-11,14H,12-13,15-16H2,1H3,(H,27,28)(H,31,32). The number of hydrogen-bond acceptors (Lipinski definition) is 5. The molecule has 1 saturated heterocycles. The lowest BCUT2D eigenvalue weighted by Gasteiger charge is -2.32. The van der Waals surface area contributed by atoms with Gasteiger partial charge in [-0.3, -0.25) is 19.5 Å². The van der Waals surface area contributed by atoms with Crippen molar-refractivity contribution in [2.45, 2.75) is 19.0 Å². The predicted molar refractivity (Wildman–Crippen MR) is 127 cm³/mol. The smallest absolute Gasteiger partial charge is 0.328 e. The van der Waals surface area contributed by atoms with Gasteiger partial charge in [0.2, 0.25) is 0 Å². The Morgan fingerprint density at radius 2 is 1.79 bits per heavy atom. The molecule has 3 amide bonds. The number of urea groups is 1. The fraction of sp³-hybridized carbons (Fsp3) is 0.231. The largest absolute Gasteiger partial charge is 0.480 e. The van der Waals surface area contributed by atoms with Crippen LogP contribution in [-0.2, 0) is 21.7 Å². The van der Waals surface area contributed by atoms with Gasteiger partial charge in [0.05, 0.1) is 6.54 Å². The molecule has 8 nitrogen and oxygen atoms in total. The van der Waals surface area contributed by atoms with Gasteiger partial charge in [-0.1, -0.05) is 60.7 Å². The third-order valence-electron chi connectivity index (χ3n) is 6.51. The van der Waals surface area contributed by atoms with E-state index in [0.717, 1.165) is 39.2 Å². The van der Waals surface area contributed by atoms with Gasteiger partial charge < -0.3 is 15.3 Å². The maximum absolute atomic E-state index is 13.5. The summed E-state index contributed by atoms with van der Waals surface area (Å²) in [5, 5.41) is 14.6. The summed E-state index contributed by atoms with van der Waals surface area (Å²) in [4.78, 5) is 44.9. The van der Waals surface area contributed by atoms with Gasteiger partial charge in [-0.2, -0.15) is 0 Å². The molecule has 2 aliphatic rings. The molecule has 8 heteroatoms. The normalized spacial score (nSPS) is 20.1. The van der Waals surface area contributed by atoms with Crippen molar-refractivity contribution < 1.29 is 19.5 Å². The van der Waals surface area contributed by atoms with E-state index in [1.165, 1.54) is 4.90 Å². The highest BCUT2D eigenvalue weighted by molar-refractivity contribution is 6.09. The van der Waals surface area contributed by atoms with Crippen molar-refractivity contribution in [3.63, 3.8) is 0 Å². The highest BCUT2D eigenvalue weighted by Gasteiger charge is 2.55. The summed E-state index contributed by atoms with van der Waals surface area (Å²) in [5.74, 6) is -0.993. The molecular weight excluding hydrogens is 432 g/mol. The zero-order valence-electron chi connectivity index (χ0n) is 18.7. The molecule has 172 valence electrons. The molecule has 0 spiro atoms. The minimum absolute atomic E-state index is 0.165. The molecule has 1 atom stereocenters. The molecule has 0 radical (unpaired) electrons. The number of aliphatic carboxylic acids is 1. The number of amidine groups is 1. The summed E-state index contributed by atoms with van der Waals surface area (Å²) in [7, 11) is 0. The van der Waals surface area contributed by atoms with E-state index in [1.54, 1.807) is 19.1 Å². The fourth-order valence-corrected chi connectivity index (χ4v) is 4.65. The second-order valence-electron chi connectivity index (χ2n) is 8.64. The molecule has 0 bridgehead atoms. The Bertz CT molecular complexity index is 1330. The molecule has 2 N–H and O–H groups in total. The Hall–Kier alpha value is -4.20. The Kier molecular flexibility index (Phi) is 5.28. The number of benzene rings is 3. The highest BCUT2D eigenvalue weighted by atomic mass is 16.4. The average molecular weight is 457 g/mol. The van der Waals surface area contributed by atoms with Crippen molar-refractivity contribution in [3.05, 3.63) is 83.4 Å². The van der Waals surface area contributed by atoms with E-state index in [4.69, 9.17) is 0 Å². The summed E-state index contributed by atoms with van der Waals surface area (Å²) in [5.41, 5.74) is 1.01. The first-order valence-electron chi connectivity index (χ1n) is 11.1. The molecule has 3 aromatic carbocycles. The van der Waals surface area contributed by atoms with Crippen LogP contribution in [0.2, 0.25) is 0 Å². The van der Waals surface area contributed by atoms with E-state index < -0.39 is 30.0 Å². The highest BCUT2D eigenvalue weighted by Crippen LogP contribution is 2.38. The first kappa shape index (κ1) is 21.6. The Balaban J connectivity index is 1.54. The monoisotopic (exact) mass is 456 g/mol. The third kappa shape index (κ3) is 3.57. The second-order valence-corrected chi connectivity index (χ2v) is 8.64. The number of nitrogens with zero attached hydrogens (tertiary/aromatic N) is 3. The number of carbonyl (C=O) groups excluding carboxylic acids is 2. The quantitative estimate of drug-likeness (QED) is 0.556. The van der Waals surface area contributed by atoms with Crippen LogP contribution in [0.25, 0.3) is 10.8 Å². The Morgan fingerprint density at radius 1 is 1.06 bits per heavy atom.